The Balaban J connectivity index is 1.53. The van der Waals surface area contributed by atoms with Crippen molar-refractivity contribution in [3.8, 4) is 0 Å². The van der Waals surface area contributed by atoms with Gasteiger partial charge in [-0.3, -0.25) is 24.0 Å². The van der Waals surface area contributed by atoms with E-state index >= 15 is 0 Å². The molecular formula is C60H86N6O12. The Morgan fingerprint density at radius 1 is 0.590 bits per heavy atom. The van der Waals surface area contributed by atoms with Crippen LogP contribution in [0.4, 0.5) is 14.4 Å². The summed E-state index contributed by atoms with van der Waals surface area (Å²) < 4.78 is 21.5. The van der Waals surface area contributed by atoms with E-state index in [0.717, 1.165) is 16.7 Å². The molecule has 78 heavy (non-hydrogen) atoms. The fourth-order valence-corrected chi connectivity index (χ4v) is 9.23. The number of carbonyl (C=O) groups is 8. The van der Waals surface area contributed by atoms with Crippen LogP contribution in [0.25, 0.3) is 0 Å². The second-order valence-corrected chi connectivity index (χ2v) is 22.6. The smallest absolute Gasteiger partial charge is 0.408 e. The number of amides is 5. The molecule has 0 aromatic heterocycles. The maximum atomic E-state index is 14.7. The molecule has 4 atom stereocenters. The third-order valence-electron chi connectivity index (χ3n) is 13.2. The summed E-state index contributed by atoms with van der Waals surface area (Å²) >= 11 is 0. The van der Waals surface area contributed by atoms with Gasteiger partial charge in [-0.2, -0.15) is 0 Å². The number of benzene rings is 3. The lowest BCUT2D eigenvalue weighted by Crippen LogP contribution is -2.60. The quantitative estimate of drug-likeness (QED) is 0.0251. The molecule has 5 amide bonds. The molecule has 0 aliphatic carbocycles. The van der Waals surface area contributed by atoms with Gasteiger partial charge in [0, 0.05) is 50.9 Å². The second-order valence-electron chi connectivity index (χ2n) is 22.6. The number of carbonyl (C=O) groups excluding carboxylic acids is 8. The number of nitrogens with one attached hydrogen (secondary N) is 5. The molecule has 1 fully saturated rings. The summed E-state index contributed by atoms with van der Waals surface area (Å²) in [5, 5.41) is 14.6. The Kier molecular flexibility index (Phi) is 25.8. The van der Waals surface area contributed by atoms with Gasteiger partial charge in [-0.15, -0.1) is 0 Å². The first-order valence-corrected chi connectivity index (χ1v) is 27.4. The van der Waals surface area contributed by atoms with E-state index in [1.807, 2.05) is 105 Å². The lowest BCUT2D eigenvalue weighted by molar-refractivity contribution is -0.153. The zero-order chi connectivity index (χ0) is 57.3. The van der Waals surface area contributed by atoms with Crippen LogP contribution < -0.4 is 26.6 Å². The standard InChI is InChI=1S/C60H86N6O12/c1-42(2)36-48(64-52(69)47(37-43-22-13-10-14-23-43)40-51(68)49(38-44-24-15-11-16-25-44)65-57(74)78-59(6,7)8)50(67)39-46(28-19-20-31-61-55(72)76-41-45-26-17-12-18-27-45)53(70)66-34-29-60(30-35-66,54(71)75-9)63-33-21-32-62-56(73)77-58(3,4)5/h10-18,22-27,42,46-49,63H,19-21,28-41H2,1-9H3,(H,61,72)(H,62,73)(H,64,69)(H,65,74)/t46-,47-,48+,49+/m0/s1. The molecule has 1 aliphatic rings. The topological polar surface area (TPSA) is 237 Å². The predicted octanol–water partition coefficient (Wildman–Crippen LogP) is 8.18. The molecule has 18 heteroatoms. The van der Waals surface area contributed by atoms with Crippen molar-refractivity contribution in [3.05, 3.63) is 108 Å². The van der Waals surface area contributed by atoms with E-state index in [-0.39, 0.29) is 101 Å². The normalized spacial score (nSPS) is 14.9. The predicted molar refractivity (Wildman–Crippen MR) is 297 cm³/mol. The van der Waals surface area contributed by atoms with Gasteiger partial charge in [0.25, 0.3) is 0 Å². The van der Waals surface area contributed by atoms with Gasteiger partial charge in [0.1, 0.15) is 23.3 Å². The number of methoxy groups -OCH3 is 1. The highest BCUT2D eigenvalue weighted by Crippen LogP contribution is 2.28. The Morgan fingerprint density at radius 3 is 1.67 bits per heavy atom. The third kappa shape index (κ3) is 23.4. The molecule has 4 rings (SSSR count). The highest BCUT2D eigenvalue weighted by molar-refractivity contribution is 5.95. The first kappa shape index (κ1) is 63.7. The van der Waals surface area contributed by atoms with Gasteiger partial charge in [0.2, 0.25) is 11.8 Å². The number of ether oxygens (including phenoxy) is 4. The van der Waals surface area contributed by atoms with Crippen LogP contribution in [0.15, 0.2) is 91.0 Å². The van der Waals surface area contributed by atoms with Gasteiger partial charge in [0.15, 0.2) is 11.6 Å². The minimum Gasteiger partial charge on any atom is -0.468 e. The number of likely N-dealkylation sites (tertiary alicyclic amines) is 1. The Hall–Kier alpha value is -6.82. The number of rotatable bonds is 29. The molecule has 1 aliphatic heterocycles. The van der Waals surface area contributed by atoms with E-state index in [0.29, 0.717) is 32.4 Å². The Labute approximate surface area is 461 Å². The van der Waals surface area contributed by atoms with Gasteiger partial charge < -0.3 is 50.4 Å². The summed E-state index contributed by atoms with van der Waals surface area (Å²) in [5.41, 5.74) is -0.136. The average Bonchev–Trinajstić information content (AvgIpc) is 3.40. The molecule has 3 aromatic rings. The summed E-state index contributed by atoms with van der Waals surface area (Å²) in [7, 11) is 1.31. The van der Waals surface area contributed by atoms with Crippen LogP contribution in [0.3, 0.4) is 0 Å². The Morgan fingerprint density at radius 2 is 1.10 bits per heavy atom. The maximum absolute atomic E-state index is 14.7. The second kappa shape index (κ2) is 31.5. The third-order valence-corrected chi connectivity index (χ3v) is 13.2. The van der Waals surface area contributed by atoms with Crippen molar-refractivity contribution in [1.29, 1.82) is 0 Å². The number of nitrogens with zero attached hydrogens (tertiary/aromatic N) is 1. The van der Waals surface area contributed by atoms with Gasteiger partial charge in [-0.05, 0) is 122 Å². The molecule has 0 bridgehead atoms. The molecule has 1 saturated heterocycles. The van der Waals surface area contributed by atoms with Crippen molar-refractivity contribution in [2.24, 2.45) is 17.8 Å². The molecular weight excluding hydrogens is 997 g/mol. The SMILES string of the molecule is COC(=O)C1(NCCCNC(=O)OC(C)(C)C)CCN(C(=O)[C@@H](CCCCNC(=O)OCc2ccccc2)CC(=O)[C@@H](CC(C)C)NC(=O)[C@H](CC(=O)[C@@H](Cc2ccccc2)NC(=O)OC(C)(C)C)Cc2ccccc2)CC1. The number of esters is 1. The van der Waals surface area contributed by atoms with Gasteiger partial charge in [-0.25, -0.2) is 14.4 Å². The number of unbranched alkanes of at least 4 members (excludes halogenated alkanes) is 1. The van der Waals surface area contributed by atoms with Crippen LogP contribution in [0.5, 0.6) is 0 Å². The molecule has 0 saturated carbocycles. The highest BCUT2D eigenvalue weighted by atomic mass is 16.6. The van der Waals surface area contributed by atoms with E-state index in [2.05, 4.69) is 26.6 Å². The highest BCUT2D eigenvalue weighted by Gasteiger charge is 2.44. The number of hydrogen-bond acceptors (Lipinski definition) is 13. The van der Waals surface area contributed by atoms with Crippen molar-refractivity contribution < 1.29 is 57.3 Å². The number of hydrogen-bond donors (Lipinski definition) is 5. The molecule has 1 heterocycles. The van der Waals surface area contributed by atoms with Crippen LogP contribution in [0, 0.1) is 17.8 Å². The van der Waals surface area contributed by atoms with Gasteiger partial charge >= 0.3 is 24.2 Å². The number of Topliss-reactive ketones (excluding diaryl/α,β-unsaturated/α-hetero) is 2. The molecule has 0 spiro atoms. The van der Waals surface area contributed by atoms with Crippen molar-refractivity contribution in [2.45, 2.75) is 161 Å². The molecule has 0 radical (unpaired) electrons. The van der Waals surface area contributed by atoms with E-state index < -0.39 is 70.8 Å². The molecule has 428 valence electrons. The number of alkyl carbamates (subject to hydrolysis) is 3. The van der Waals surface area contributed by atoms with Crippen LogP contribution in [-0.2, 0) is 62.4 Å². The van der Waals surface area contributed by atoms with Gasteiger partial charge in [0.05, 0.1) is 19.2 Å². The lowest BCUT2D eigenvalue weighted by Gasteiger charge is -2.41. The van der Waals surface area contributed by atoms with E-state index in [9.17, 15) is 38.4 Å². The van der Waals surface area contributed by atoms with Crippen LogP contribution in [-0.4, -0.2) is 121 Å². The fraction of sp³-hybridized carbons (Fsp3) is 0.567. The molecule has 3 aromatic carbocycles. The number of piperidine rings is 1. The molecule has 0 unspecified atom stereocenters. The minimum atomic E-state index is -1.10. The monoisotopic (exact) mass is 1080 g/mol. The summed E-state index contributed by atoms with van der Waals surface area (Å²) in [6, 6.07) is 25.7. The number of ketones is 2. The minimum absolute atomic E-state index is 0.0576. The summed E-state index contributed by atoms with van der Waals surface area (Å²) in [4.78, 5) is 111. The summed E-state index contributed by atoms with van der Waals surface area (Å²) in [6.45, 7) is 15.8. The van der Waals surface area contributed by atoms with E-state index in [4.69, 9.17) is 18.9 Å². The summed E-state index contributed by atoms with van der Waals surface area (Å²) in [5.74, 6) is -3.81. The zero-order valence-electron chi connectivity index (χ0n) is 47.4. The van der Waals surface area contributed by atoms with E-state index in [1.54, 1.807) is 46.4 Å². The van der Waals surface area contributed by atoms with E-state index in [1.165, 1.54) is 7.11 Å². The molecule has 5 N–H and O–H groups in total. The first-order chi connectivity index (χ1) is 37.0. The lowest BCUT2D eigenvalue weighted by atomic mass is 9.85. The van der Waals surface area contributed by atoms with Crippen LogP contribution in [0.2, 0.25) is 0 Å². The zero-order valence-corrected chi connectivity index (χ0v) is 47.4. The summed E-state index contributed by atoms with van der Waals surface area (Å²) in [6.07, 6.45) is 0.403. The van der Waals surface area contributed by atoms with Crippen molar-refractivity contribution in [3.63, 3.8) is 0 Å². The van der Waals surface area contributed by atoms with Crippen molar-refractivity contribution in [1.82, 2.24) is 31.5 Å². The first-order valence-electron chi connectivity index (χ1n) is 27.4. The van der Waals surface area contributed by atoms with Crippen LogP contribution in [0.1, 0.15) is 130 Å². The van der Waals surface area contributed by atoms with Crippen LogP contribution >= 0.6 is 0 Å². The largest absolute Gasteiger partial charge is 0.468 e. The maximum Gasteiger partial charge on any atom is 0.408 e. The average molecular weight is 1080 g/mol. The Bertz CT molecular complexity index is 2380. The van der Waals surface area contributed by atoms with Crippen molar-refractivity contribution >= 4 is 47.6 Å². The van der Waals surface area contributed by atoms with Gasteiger partial charge in [-0.1, -0.05) is 111 Å². The fourth-order valence-electron chi connectivity index (χ4n) is 9.23. The van der Waals surface area contributed by atoms with Crippen molar-refractivity contribution in [2.75, 3.05) is 39.8 Å². The molecule has 18 nitrogen and oxygen atoms in total.